The lowest BCUT2D eigenvalue weighted by molar-refractivity contribution is 0.144. The standard InChI is InChI=1S/C13H9FO3/c14-10-7-4-8-11(17-13(15)16)12(10)9-5-2-1-3-6-9/h1-8H,(H,15,16). The summed E-state index contributed by atoms with van der Waals surface area (Å²) in [6.07, 6.45) is -1.47. The van der Waals surface area contributed by atoms with E-state index in [9.17, 15) is 9.18 Å². The molecule has 86 valence electrons. The van der Waals surface area contributed by atoms with Gasteiger partial charge in [-0.05, 0) is 17.7 Å². The van der Waals surface area contributed by atoms with Gasteiger partial charge in [0.15, 0.2) is 0 Å². The van der Waals surface area contributed by atoms with E-state index in [1.54, 1.807) is 30.3 Å². The van der Waals surface area contributed by atoms with E-state index >= 15 is 0 Å². The summed E-state index contributed by atoms with van der Waals surface area (Å²) in [5, 5.41) is 8.58. The number of hydrogen-bond donors (Lipinski definition) is 1. The van der Waals surface area contributed by atoms with Crippen molar-refractivity contribution in [3.63, 3.8) is 0 Å². The fourth-order valence-electron chi connectivity index (χ4n) is 1.57. The predicted molar refractivity (Wildman–Crippen MR) is 60.5 cm³/mol. The average molecular weight is 232 g/mol. The van der Waals surface area contributed by atoms with Crippen LogP contribution >= 0.6 is 0 Å². The third-order valence-electron chi connectivity index (χ3n) is 2.24. The van der Waals surface area contributed by atoms with Gasteiger partial charge in [-0.15, -0.1) is 0 Å². The summed E-state index contributed by atoms with van der Waals surface area (Å²) < 4.78 is 18.3. The molecule has 0 aromatic heterocycles. The van der Waals surface area contributed by atoms with Crippen LogP contribution in [0, 0.1) is 5.82 Å². The number of hydrogen-bond acceptors (Lipinski definition) is 2. The van der Waals surface area contributed by atoms with Gasteiger partial charge >= 0.3 is 6.16 Å². The zero-order valence-corrected chi connectivity index (χ0v) is 8.76. The Morgan fingerprint density at radius 3 is 2.41 bits per heavy atom. The Kier molecular flexibility index (Phi) is 3.05. The number of halogens is 1. The molecule has 0 atom stereocenters. The lowest BCUT2D eigenvalue weighted by atomic mass is 10.0. The molecular formula is C13H9FO3. The van der Waals surface area contributed by atoms with Gasteiger partial charge in [0.05, 0.1) is 5.56 Å². The van der Waals surface area contributed by atoms with Crippen molar-refractivity contribution in [2.24, 2.45) is 0 Å². The lowest BCUT2D eigenvalue weighted by Crippen LogP contribution is -2.04. The van der Waals surface area contributed by atoms with E-state index in [0.29, 0.717) is 5.56 Å². The Morgan fingerprint density at radius 2 is 1.76 bits per heavy atom. The molecule has 0 aliphatic heterocycles. The van der Waals surface area contributed by atoms with E-state index in [4.69, 9.17) is 5.11 Å². The summed E-state index contributed by atoms with van der Waals surface area (Å²) in [5.41, 5.74) is 0.720. The second-order valence-corrected chi connectivity index (χ2v) is 3.35. The summed E-state index contributed by atoms with van der Waals surface area (Å²) in [6, 6.07) is 12.7. The molecule has 4 heteroatoms. The highest BCUT2D eigenvalue weighted by atomic mass is 19.1. The highest BCUT2D eigenvalue weighted by molar-refractivity contribution is 5.74. The zero-order chi connectivity index (χ0) is 12.3. The topological polar surface area (TPSA) is 46.5 Å². The van der Waals surface area contributed by atoms with Crippen LogP contribution in [-0.4, -0.2) is 11.3 Å². The molecular weight excluding hydrogens is 223 g/mol. The van der Waals surface area contributed by atoms with Crippen LogP contribution in [0.2, 0.25) is 0 Å². The molecule has 0 aliphatic carbocycles. The van der Waals surface area contributed by atoms with Crippen molar-refractivity contribution >= 4 is 6.16 Å². The molecule has 0 unspecified atom stereocenters. The predicted octanol–water partition coefficient (Wildman–Crippen LogP) is 3.55. The maximum Gasteiger partial charge on any atom is 0.511 e. The third-order valence-corrected chi connectivity index (χ3v) is 2.24. The number of carbonyl (C=O) groups is 1. The van der Waals surface area contributed by atoms with Crippen LogP contribution in [0.4, 0.5) is 9.18 Å². The quantitative estimate of drug-likeness (QED) is 0.636. The highest BCUT2D eigenvalue weighted by Gasteiger charge is 2.13. The monoisotopic (exact) mass is 232 g/mol. The number of ether oxygens (including phenoxy) is 1. The van der Waals surface area contributed by atoms with Crippen molar-refractivity contribution in [1.82, 2.24) is 0 Å². The molecule has 0 spiro atoms. The molecule has 1 N–H and O–H groups in total. The number of rotatable bonds is 2. The van der Waals surface area contributed by atoms with Crippen LogP contribution in [-0.2, 0) is 0 Å². The Balaban J connectivity index is 2.55. The Morgan fingerprint density at radius 1 is 1.06 bits per heavy atom. The van der Waals surface area contributed by atoms with Crippen LogP contribution in [0.25, 0.3) is 11.1 Å². The molecule has 2 aromatic carbocycles. The van der Waals surface area contributed by atoms with E-state index in [-0.39, 0.29) is 11.3 Å². The zero-order valence-electron chi connectivity index (χ0n) is 8.76. The molecule has 0 heterocycles. The summed E-state index contributed by atoms with van der Waals surface area (Å²) in [4.78, 5) is 10.5. The summed E-state index contributed by atoms with van der Waals surface area (Å²) in [7, 11) is 0. The molecule has 2 aromatic rings. The van der Waals surface area contributed by atoms with E-state index < -0.39 is 12.0 Å². The molecule has 0 bridgehead atoms. The Bertz CT molecular complexity index is 538. The van der Waals surface area contributed by atoms with Gasteiger partial charge in [-0.1, -0.05) is 36.4 Å². The van der Waals surface area contributed by atoms with Gasteiger partial charge < -0.3 is 9.84 Å². The smallest absolute Gasteiger partial charge is 0.449 e. The van der Waals surface area contributed by atoms with Gasteiger partial charge in [0.2, 0.25) is 0 Å². The van der Waals surface area contributed by atoms with Gasteiger partial charge in [0.1, 0.15) is 11.6 Å². The first-order valence-corrected chi connectivity index (χ1v) is 4.93. The maximum absolute atomic E-state index is 13.7. The van der Waals surface area contributed by atoms with Crippen molar-refractivity contribution in [3.05, 3.63) is 54.3 Å². The number of carboxylic acid groups (broad SMARTS) is 1. The van der Waals surface area contributed by atoms with Crippen LogP contribution in [0.5, 0.6) is 5.75 Å². The molecule has 0 saturated carbocycles. The van der Waals surface area contributed by atoms with Crippen molar-refractivity contribution < 1.29 is 19.0 Å². The third kappa shape index (κ3) is 2.42. The van der Waals surface area contributed by atoms with Gasteiger partial charge in [-0.3, -0.25) is 0 Å². The summed E-state index contributed by atoms with van der Waals surface area (Å²) in [6.45, 7) is 0. The van der Waals surface area contributed by atoms with E-state index in [2.05, 4.69) is 4.74 Å². The van der Waals surface area contributed by atoms with Gasteiger partial charge in [0.25, 0.3) is 0 Å². The minimum Gasteiger partial charge on any atom is -0.449 e. The first-order valence-electron chi connectivity index (χ1n) is 4.93. The Hall–Kier alpha value is -2.36. The molecule has 3 nitrogen and oxygen atoms in total. The fraction of sp³-hybridized carbons (Fsp3) is 0. The van der Waals surface area contributed by atoms with E-state index in [1.807, 2.05) is 0 Å². The second kappa shape index (κ2) is 4.65. The van der Waals surface area contributed by atoms with Crippen LogP contribution < -0.4 is 4.74 Å². The first kappa shape index (κ1) is 11.1. The van der Waals surface area contributed by atoms with Gasteiger partial charge in [-0.25, -0.2) is 9.18 Å². The Labute approximate surface area is 97.1 Å². The van der Waals surface area contributed by atoms with Crippen molar-refractivity contribution in [2.75, 3.05) is 0 Å². The largest absolute Gasteiger partial charge is 0.511 e. The molecule has 0 fully saturated rings. The van der Waals surface area contributed by atoms with Crippen LogP contribution in [0.15, 0.2) is 48.5 Å². The van der Waals surface area contributed by atoms with Crippen LogP contribution in [0.1, 0.15) is 0 Å². The van der Waals surface area contributed by atoms with Crippen molar-refractivity contribution in [3.8, 4) is 16.9 Å². The second-order valence-electron chi connectivity index (χ2n) is 3.35. The van der Waals surface area contributed by atoms with E-state index in [0.717, 1.165) is 0 Å². The van der Waals surface area contributed by atoms with Gasteiger partial charge in [-0.2, -0.15) is 0 Å². The molecule has 17 heavy (non-hydrogen) atoms. The van der Waals surface area contributed by atoms with Crippen molar-refractivity contribution in [2.45, 2.75) is 0 Å². The minimum atomic E-state index is -1.47. The maximum atomic E-state index is 13.7. The molecule has 0 radical (unpaired) electrons. The molecule has 0 amide bonds. The molecule has 2 rings (SSSR count). The lowest BCUT2D eigenvalue weighted by Gasteiger charge is -2.08. The molecule has 0 aliphatic rings. The highest BCUT2D eigenvalue weighted by Crippen LogP contribution is 2.32. The first-order chi connectivity index (χ1) is 8.18. The normalized spacial score (nSPS) is 9.94. The minimum absolute atomic E-state index is 0.0105. The summed E-state index contributed by atoms with van der Waals surface area (Å²) in [5.74, 6) is -0.529. The van der Waals surface area contributed by atoms with Gasteiger partial charge in [0, 0.05) is 0 Å². The fourth-order valence-corrected chi connectivity index (χ4v) is 1.57. The van der Waals surface area contributed by atoms with E-state index in [1.165, 1.54) is 18.2 Å². The van der Waals surface area contributed by atoms with Crippen molar-refractivity contribution in [1.29, 1.82) is 0 Å². The number of benzene rings is 2. The molecule has 0 saturated heterocycles. The van der Waals surface area contributed by atoms with Crippen LogP contribution in [0.3, 0.4) is 0 Å². The average Bonchev–Trinajstić information content (AvgIpc) is 2.29. The SMILES string of the molecule is O=C(O)Oc1cccc(F)c1-c1ccccc1. The summed E-state index contributed by atoms with van der Waals surface area (Å²) >= 11 is 0.